The lowest BCUT2D eigenvalue weighted by atomic mass is 10.2. The average molecular weight is 299 g/mol. The first-order valence-corrected chi connectivity index (χ1v) is 6.67. The standard InChI is InChI=1S/C16H11ClN2O2/c17-12-6-8-13(9-7-12)19(21)16(20)15-10-5-11-3-1-2-4-14(11)18-15/h1-10,21H. The van der Waals surface area contributed by atoms with Crippen LogP contribution in [0.5, 0.6) is 0 Å². The summed E-state index contributed by atoms with van der Waals surface area (Å²) < 4.78 is 0. The van der Waals surface area contributed by atoms with Gasteiger partial charge in [0, 0.05) is 10.4 Å². The van der Waals surface area contributed by atoms with Gasteiger partial charge in [-0.1, -0.05) is 35.9 Å². The van der Waals surface area contributed by atoms with E-state index >= 15 is 0 Å². The van der Waals surface area contributed by atoms with Crippen LogP contribution >= 0.6 is 11.6 Å². The van der Waals surface area contributed by atoms with Crippen molar-refractivity contribution < 1.29 is 10.0 Å². The van der Waals surface area contributed by atoms with Gasteiger partial charge in [-0.25, -0.2) is 4.98 Å². The zero-order valence-corrected chi connectivity index (χ0v) is 11.7. The SMILES string of the molecule is O=C(c1ccc2ccccc2n1)N(O)c1ccc(Cl)cc1. The van der Waals surface area contributed by atoms with Crippen LogP contribution in [0.25, 0.3) is 10.9 Å². The molecular weight excluding hydrogens is 288 g/mol. The number of fused-ring (bicyclic) bond motifs is 1. The molecule has 1 aromatic heterocycles. The van der Waals surface area contributed by atoms with E-state index in [1.54, 1.807) is 36.4 Å². The first-order chi connectivity index (χ1) is 10.1. The molecule has 0 aliphatic carbocycles. The van der Waals surface area contributed by atoms with Gasteiger partial charge in [0.05, 0.1) is 11.2 Å². The molecule has 4 nitrogen and oxygen atoms in total. The number of carbonyl (C=O) groups is 1. The van der Waals surface area contributed by atoms with Crippen LogP contribution < -0.4 is 5.06 Å². The largest absolute Gasteiger partial charge is 0.300 e. The second-order valence-corrected chi connectivity index (χ2v) is 4.92. The molecule has 0 saturated heterocycles. The average Bonchev–Trinajstić information content (AvgIpc) is 2.54. The summed E-state index contributed by atoms with van der Waals surface area (Å²) in [5.74, 6) is -0.594. The Labute approximate surface area is 126 Å². The molecule has 1 heterocycles. The van der Waals surface area contributed by atoms with E-state index in [0.29, 0.717) is 21.3 Å². The van der Waals surface area contributed by atoms with E-state index in [2.05, 4.69) is 4.98 Å². The number of rotatable bonds is 2. The van der Waals surface area contributed by atoms with Crippen molar-refractivity contribution in [3.63, 3.8) is 0 Å². The van der Waals surface area contributed by atoms with E-state index in [9.17, 15) is 10.0 Å². The Morgan fingerprint density at radius 1 is 1.00 bits per heavy atom. The van der Waals surface area contributed by atoms with Crippen molar-refractivity contribution in [3.05, 3.63) is 71.4 Å². The minimum atomic E-state index is -0.594. The predicted molar refractivity (Wildman–Crippen MR) is 81.8 cm³/mol. The summed E-state index contributed by atoms with van der Waals surface area (Å²) in [6.07, 6.45) is 0. The summed E-state index contributed by atoms with van der Waals surface area (Å²) in [4.78, 5) is 16.5. The summed E-state index contributed by atoms with van der Waals surface area (Å²) in [6.45, 7) is 0. The molecule has 3 rings (SSSR count). The summed E-state index contributed by atoms with van der Waals surface area (Å²) >= 11 is 5.78. The van der Waals surface area contributed by atoms with Gasteiger partial charge in [-0.15, -0.1) is 0 Å². The number of aromatic nitrogens is 1. The molecule has 0 saturated carbocycles. The van der Waals surface area contributed by atoms with Gasteiger partial charge in [-0.05, 0) is 36.4 Å². The number of nitrogens with zero attached hydrogens (tertiary/aromatic N) is 2. The Hall–Kier alpha value is -2.43. The number of hydrogen-bond donors (Lipinski definition) is 1. The Morgan fingerprint density at radius 2 is 1.71 bits per heavy atom. The first kappa shape index (κ1) is 13.5. The number of pyridine rings is 1. The van der Waals surface area contributed by atoms with Gasteiger partial charge in [-0.3, -0.25) is 10.0 Å². The molecule has 104 valence electrons. The first-order valence-electron chi connectivity index (χ1n) is 6.30. The number of anilines is 1. The number of halogens is 1. The molecule has 5 heteroatoms. The molecule has 21 heavy (non-hydrogen) atoms. The van der Waals surface area contributed by atoms with E-state index in [1.165, 1.54) is 0 Å². The number of benzene rings is 2. The lowest BCUT2D eigenvalue weighted by molar-refractivity contribution is 0.0850. The zero-order valence-electron chi connectivity index (χ0n) is 10.9. The van der Waals surface area contributed by atoms with Crippen LogP contribution in [0, 0.1) is 0 Å². The second-order valence-electron chi connectivity index (χ2n) is 4.48. The molecule has 0 aliphatic rings. The number of carbonyl (C=O) groups excluding carboxylic acids is 1. The maximum Gasteiger partial charge on any atom is 0.300 e. The third-order valence-corrected chi connectivity index (χ3v) is 3.33. The normalized spacial score (nSPS) is 10.6. The Balaban J connectivity index is 1.94. The van der Waals surface area contributed by atoms with Gasteiger partial charge in [0.25, 0.3) is 0 Å². The van der Waals surface area contributed by atoms with Gasteiger partial charge in [0.15, 0.2) is 0 Å². The highest BCUT2D eigenvalue weighted by molar-refractivity contribution is 6.30. The molecule has 1 amide bonds. The van der Waals surface area contributed by atoms with Crippen molar-refractivity contribution in [1.29, 1.82) is 0 Å². The van der Waals surface area contributed by atoms with Crippen molar-refractivity contribution >= 4 is 34.1 Å². The van der Waals surface area contributed by atoms with Gasteiger partial charge in [0.2, 0.25) is 0 Å². The van der Waals surface area contributed by atoms with Crippen molar-refractivity contribution in [2.75, 3.05) is 5.06 Å². The van der Waals surface area contributed by atoms with Crippen molar-refractivity contribution in [2.45, 2.75) is 0 Å². The third kappa shape index (κ3) is 2.72. The van der Waals surface area contributed by atoms with Crippen LogP contribution in [0.3, 0.4) is 0 Å². The van der Waals surface area contributed by atoms with E-state index in [0.717, 1.165) is 5.39 Å². The number of hydroxylamine groups is 1. The minimum Gasteiger partial charge on any atom is -0.281 e. The summed E-state index contributed by atoms with van der Waals surface area (Å²) in [5, 5.41) is 12.0. The lowest BCUT2D eigenvalue weighted by Crippen LogP contribution is -2.27. The molecule has 0 fully saturated rings. The number of amides is 1. The fourth-order valence-corrected chi connectivity index (χ4v) is 2.12. The minimum absolute atomic E-state index is 0.172. The summed E-state index contributed by atoms with van der Waals surface area (Å²) in [5.41, 5.74) is 1.21. The lowest BCUT2D eigenvalue weighted by Gasteiger charge is -2.14. The van der Waals surface area contributed by atoms with Crippen molar-refractivity contribution in [3.8, 4) is 0 Å². The highest BCUT2D eigenvalue weighted by Crippen LogP contribution is 2.19. The van der Waals surface area contributed by atoms with Gasteiger partial charge in [0.1, 0.15) is 5.69 Å². The number of para-hydroxylation sites is 1. The van der Waals surface area contributed by atoms with Crippen LogP contribution in [-0.2, 0) is 0 Å². The van der Waals surface area contributed by atoms with Crippen molar-refractivity contribution in [2.24, 2.45) is 0 Å². The van der Waals surface area contributed by atoms with Crippen molar-refractivity contribution in [1.82, 2.24) is 4.98 Å². The second kappa shape index (κ2) is 5.52. The fraction of sp³-hybridized carbons (Fsp3) is 0. The molecule has 0 spiro atoms. The molecule has 3 aromatic rings. The molecule has 0 bridgehead atoms. The molecule has 2 aromatic carbocycles. The molecular formula is C16H11ClN2O2. The van der Waals surface area contributed by atoms with Gasteiger partial charge in [-0.2, -0.15) is 5.06 Å². The van der Waals surface area contributed by atoms with E-state index < -0.39 is 5.91 Å². The Kier molecular flexibility index (Phi) is 3.56. The Bertz CT molecular complexity index is 803. The quantitative estimate of drug-likeness (QED) is 0.576. The van der Waals surface area contributed by atoms with Crippen LogP contribution in [-0.4, -0.2) is 16.1 Å². The summed E-state index contributed by atoms with van der Waals surface area (Å²) in [7, 11) is 0. The monoisotopic (exact) mass is 298 g/mol. The molecule has 0 unspecified atom stereocenters. The summed E-state index contributed by atoms with van der Waals surface area (Å²) in [6, 6.07) is 17.2. The highest BCUT2D eigenvalue weighted by atomic mass is 35.5. The molecule has 1 N–H and O–H groups in total. The smallest absolute Gasteiger partial charge is 0.281 e. The van der Waals surface area contributed by atoms with E-state index in [4.69, 9.17) is 11.6 Å². The molecule has 0 atom stereocenters. The van der Waals surface area contributed by atoms with Crippen LogP contribution in [0.4, 0.5) is 5.69 Å². The van der Waals surface area contributed by atoms with Gasteiger partial charge >= 0.3 is 5.91 Å². The maximum absolute atomic E-state index is 12.3. The third-order valence-electron chi connectivity index (χ3n) is 3.08. The van der Waals surface area contributed by atoms with Gasteiger partial charge < -0.3 is 0 Å². The van der Waals surface area contributed by atoms with Crippen LogP contribution in [0.2, 0.25) is 5.02 Å². The Morgan fingerprint density at radius 3 is 2.48 bits per heavy atom. The van der Waals surface area contributed by atoms with E-state index in [1.807, 2.05) is 24.3 Å². The topological polar surface area (TPSA) is 53.4 Å². The predicted octanol–water partition coefficient (Wildman–Crippen LogP) is 3.92. The highest BCUT2D eigenvalue weighted by Gasteiger charge is 2.17. The number of hydrogen-bond acceptors (Lipinski definition) is 3. The zero-order chi connectivity index (χ0) is 14.8. The van der Waals surface area contributed by atoms with Crippen LogP contribution in [0.1, 0.15) is 10.5 Å². The maximum atomic E-state index is 12.3. The molecule has 0 radical (unpaired) electrons. The van der Waals surface area contributed by atoms with E-state index in [-0.39, 0.29) is 5.69 Å². The van der Waals surface area contributed by atoms with Crippen LogP contribution in [0.15, 0.2) is 60.7 Å². The fourth-order valence-electron chi connectivity index (χ4n) is 1.99. The molecule has 0 aliphatic heterocycles.